The molecule has 105 heavy (non-hydrogen) atoms. The van der Waals surface area contributed by atoms with Gasteiger partial charge in [0, 0.05) is 25.7 Å². The molecule has 19 heteroatoms. The van der Waals surface area contributed by atoms with E-state index in [9.17, 15) is 43.2 Å². The second-order valence-corrected chi connectivity index (χ2v) is 34.8. The van der Waals surface area contributed by atoms with Crippen LogP contribution in [0.1, 0.15) is 459 Å². The molecule has 0 aromatic heterocycles. The molecule has 0 rings (SSSR count). The van der Waals surface area contributed by atoms with Crippen LogP contribution < -0.4 is 0 Å². The second kappa shape index (κ2) is 77.4. The highest BCUT2D eigenvalue weighted by Gasteiger charge is 2.30. The highest BCUT2D eigenvalue weighted by atomic mass is 31.2. The van der Waals surface area contributed by atoms with Gasteiger partial charge in [-0.2, -0.15) is 0 Å². The Kier molecular flexibility index (Phi) is 76.0. The molecule has 0 spiro atoms. The molecule has 3 N–H and O–H groups in total. The lowest BCUT2D eigenvalue weighted by Gasteiger charge is -2.21. The van der Waals surface area contributed by atoms with E-state index >= 15 is 0 Å². The Morgan fingerprint density at radius 1 is 0.257 bits per heavy atom. The molecule has 5 atom stereocenters. The Balaban J connectivity index is 5.21. The number of carbonyl (C=O) groups excluding carboxylic acids is 4. The van der Waals surface area contributed by atoms with E-state index in [1.807, 2.05) is 0 Å². The van der Waals surface area contributed by atoms with Gasteiger partial charge in [-0.1, -0.05) is 408 Å². The summed E-state index contributed by atoms with van der Waals surface area (Å²) in [5.74, 6) is -0.604. The molecule has 0 radical (unpaired) electrons. The predicted octanol–water partition coefficient (Wildman–Crippen LogP) is 26.2. The van der Waals surface area contributed by atoms with Gasteiger partial charge < -0.3 is 33.8 Å². The van der Waals surface area contributed by atoms with E-state index < -0.39 is 97.5 Å². The standard InChI is InChI=1S/C86H168O17P2/c1-7-9-11-13-15-17-19-21-23-25-26-30-34-37-41-45-49-56-62-68-83(88)96-74-81(102-85(90)70-65-59-51-47-43-39-35-31-28-27-29-32-36-40-44-48-54-60-66-78(3)4)76-100-104(92,93)98-72-80(87)73-99-105(94,95)101-77-82(75-97-84(89)69-63-57-53-52-55-61-67-79(5)6)103-86(91)71-64-58-50-46-42-38-33-24-22-20-18-16-14-12-10-8-2/h78-82,87H,7-77H2,1-6H3,(H,92,93)(H,94,95)/t80-,81-,82-/m1/s1. The number of phosphoric ester groups is 2. The number of hydrogen-bond donors (Lipinski definition) is 3. The summed E-state index contributed by atoms with van der Waals surface area (Å²) in [7, 11) is -9.93. The van der Waals surface area contributed by atoms with Crippen molar-refractivity contribution in [3.63, 3.8) is 0 Å². The fraction of sp³-hybridized carbons (Fsp3) is 0.953. The molecule has 17 nitrogen and oxygen atoms in total. The summed E-state index contributed by atoms with van der Waals surface area (Å²) in [6.07, 6.45) is 69.7. The lowest BCUT2D eigenvalue weighted by molar-refractivity contribution is -0.161. The van der Waals surface area contributed by atoms with E-state index in [4.69, 9.17) is 37.0 Å². The zero-order chi connectivity index (χ0) is 77.1. The third-order valence-electron chi connectivity index (χ3n) is 20.2. The first-order chi connectivity index (χ1) is 50.9. The molecule has 0 saturated heterocycles. The quantitative estimate of drug-likeness (QED) is 0.0222. The summed E-state index contributed by atoms with van der Waals surface area (Å²) in [4.78, 5) is 73.2. The van der Waals surface area contributed by atoms with Crippen molar-refractivity contribution in [2.75, 3.05) is 39.6 Å². The summed E-state index contributed by atoms with van der Waals surface area (Å²) < 4.78 is 68.8. The first-order valence-electron chi connectivity index (χ1n) is 44.5. The highest BCUT2D eigenvalue weighted by Crippen LogP contribution is 2.45. The minimum Gasteiger partial charge on any atom is -0.462 e. The average molecular weight is 1540 g/mol. The van der Waals surface area contributed by atoms with E-state index in [0.29, 0.717) is 31.6 Å². The number of carbonyl (C=O) groups is 4. The molecule has 0 fully saturated rings. The molecular weight excluding hydrogens is 1370 g/mol. The Morgan fingerprint density at radius 3 is 0.648 bits per heavy atom. The molecule has 0 aliphatic rings. The van der Waals surface area contributed by atoms with Crippen LogP contribution in [0.4, 0.5) is 0 Å². The van der Waals surface area contributed by atoms with Crippen LogP contribution in [0.3, 0.4) is 0 Å². The first-order valence-corrected chi connectivity index (χ1v) is 47.5. The lowest BCUT2D eigenvalue weighted by atomic mass is 10.0. The molecule has 0 heterocycles. The maximum atomic E-state index is 13.1. The maximum Gasteiger partial charge on any atom is 0.472 e. The summed E-state index contributed by atoms with van der Waals surface area (Å²) in [5.41, 5.74) is 0. The monoisotopic (exact) mass is 1540 g/mol. The van der Waals surface area contributed by atoms with Crippen molar-refractivity contribution in [3.05, 3.63) is 0 Å². The van der Waals surface area contributed by atoms with Gasteiger partial charge in [0.15, 0.2) is 12.2 Å². The molecule has 2 unspecified atom stereocenters. The number of unbranched alkanes of at least 4 members (excludes halogenated alkanes) is 55. The number of esters is 4. The van der Waals surface area contributed by atoms with Gasteiger partial charge in [-0.3, -0.25) is 37.3 Å². The normalized spacial score (nSPS) is 13.8. The van der Waals surface area contributed by atoms with E-state index in [2.05, 4.69) is 41.5 Å². The summed E-state index contributed by atoms with van der Waals surface area (Å²) in [6.45, 7) is 9.63. The Hall–Kier alpha value is -1.94. The van der Waals surface area contributed by atoms with Gasteiger partial charge in [0.1, 0.15) is 19.3 Å². The zero-order valence-electron chi connectivity index (χ0n) is 69.0. The van der Waals surface area contributed by atoms with Crippen LogP contribution in [0.2, 0.25) is 0 Å². The van der Waals surface area contributed by atoms with Crippen LogP contribution in [0.5, 0.6) is 0 Å². The maximum absolute atomic E-state index is 13.1. The van der Waals surface area contributed by atoms with Crippen LogP contribution in [0.15, 0.2) is 0 Å². The fourth-order valence-corrected chi connectivity index (χ4v) is 15.0. The van der Waals surface area contributed by atoms with Crippen LogP contribution in [-0.4, -0.2) is 96.7 Å². The number of ether oxygens (including phenoxy) is 4. The smallest absolute Gasteiger partial charge is 0.462 e. The van der Waals surface area contributed by atoms with Crippen molar-refractivity contribution in [3.8, 4) is 0 Å². The number of aliphatic hydroxyl groups excluding tert-OH is 1. The number of rotatable bonds is 85. The van der Waals surface area contributed by atoms with Gasteiger partial charge in [0.2, 0.25) is 0 Å². The minimum atomic E-state index is -4.97. The minimum absolute atomic E-state index is 0.108. The van der Waals surface area contributed by atoms with Crippen LogP contribution >= 0.6 is 15.6 Å². The third kappa shape index (κ3) is 79.9. The van der Waals surface area contributed by atoms with Crippen molar-refractivity contribution < 1.29 is 80.2 Å². The second-order valence-electron chi connectivity index (χ2n) is 31.9. The van der Waals surface area contributed by atoms with Gasteiger partial charge in [0.05, 0.1) is 26.4 Å². The Labute approximate surface area is 645 Å². The van der Waals surface area contributed by atoms with Crippen molar-refractivity contribution >= 4 is 39.5 Å². The SMILES string of the molecule is CCCCCCCCCCCCCCCCCCCCCC(=O)OC[C@H](COP(=O)(O)OC[C@@H](O)COP(=O)(O)OC[C@@H](COC(=O)CCCCCCCCC(C)C)OC(=O)CCCCCCCCCCCCCCCCCC)OC(=O)CCCCCCCCCCCCCCCCCCCCC(C)C. The number of hydrogen-bond acceptors (Lipinski definition) is 15. The van der Waals surface area contributed by atoms with Crippen molar-refractivity contribution in [1.82, 2.24) is 0 Å². The van der Waals surface area contributed by atoms with Crippen molar-refractivity contribution in [2.45, 2.75) is 477 Å². The predicted molar refractivity (Wildman–Crippen MR) is 432 cm³/mol. The Bertz CT molecular complexity index is 2010. The van der Waals surface area contributed by atoms with Crippen molar-refractivity contribution in [1.29, 1.82) is 0 Å². The molecule has 0 aromatic carbocycles. The lowest BCUT2D eigenvalue weighted by Crippen LogP contribution is -2.30. The number of aliphatic hydroxyl groups is 1. The van der Waals surface area contributed by atoms with Gasteiger partial charge in [-0.25, -0.2) is 9.13 Å². The average Bonchev–Trinajstić information content (AvgIpc) is 0.930. The largest absolute Gasteiger partial charge is 0.472 e. The van der Waals surface area contributed by atoms with Crippen LogP contribution in [0.25, 0.3) is 0 Å². The van der Waals surface area contributed by atoms with Crippen molar-refractivity contribution in [2.24, 2.45) is 11.8 Å². The first kappa shape index (κ1) is 103. The molecule has 0 amide bonds. The Morgan fingerprint density at radius 2 is 0.438 bits per heavy atom. The molecule has 624 valence electrons. The van der Waals surface area contributed by atoms with E-state index in [-0.39, 0.29) is 25.7 Å². The summed E-state index contributed by atoms with van der Waals surface area (Å²) >= 11 is 0. The third-order valence-corrected chi connectivity index (χ3v) is 22.1. The molecular formula is C86H168O17P2. The van der Waals surface area contributed by atoms with E-state index in [1.54, 1.807) is 0 Å². The molecule has 0 saturated carbocycles. The van der Waals surface area contributed by atoms with E-state index in [1.165, 1.54) is 270 Å². The summed E-state index contributed by atoms with van der Waals surface area (Å²) in [5, 5.41) is 10.7. The molecule has 0 aromatic rings. The van der Waals surface area contributed by atoms with Crippen LogP contribution in [0, 0.1) is 11.8 Å². The molecule has 0 aliphatic carbocycles. The van der Waals surface area contributed by atoms with Crippen LogP contribution in [-0.2, 0) is 65.4 Å². The molecule has 0 aliphatic heterocycles. The topological polar surface area (TPSA) is 237 Å². The van der Waals surface area contributed by atoms with Gasteiger partial charge in [0.25, 0.3) is 0 Å². The fourth-order valence-electron chi connectivity index (χ4n) is 13.4. The van der Waals surface area contributed by atoms with Gasteiger partial charge in [-0.15, -0.1) is 0 Å². The van der Waals surface area contributed by atoms with Gasteiger partial charge in [-0.05, 0) is 37.5 Å². The highest BCUT2D eigenvalue weighted by molar-refractivity contribution is 7.47. The number of phosphoric acid groups is 2. The van der Waals surface area contributed by atoms with E-state index in [0.717, 1.165) is 102 Å². The zero-order valence-corrected chi connectivity index (χ0v) is 70.8. The summed E-state index contributed by atoms with van der Waals surface area (Å²) in [6, 6.07) is 0. The van der Waals surface area contributed by atoms with Gasteiger partial charge >= 0.3 is 39.5 Å². The molecule has 0 bridgehead atoms.